The summed E-state index contributed by atoms with van der Waals surface area (Å²) >= 11 is 1.37. The van der Waals surface area contributed by atoms with Gasteiger partial charge in [0.05, 0.1) is 16.7 Å². The molecule has 3 aromatic rings. The van der Waals surface area contributed by atoms with Crippen molar-refractivity contribution in [3.05, 3.63) is 40.9 Å². The van der Waals surface area contributed by atoms with Crippen molar-refractivity contribution in [3.63, 3.8) is 0 Å². The van der Waals surface area contributed by atoms with Crippen molar-refractivity contribution in [2.24, 2.45) is 0 Å². The Kier molecular flexibility index (Phi) is 2.75. The molecule has 0 fully saturated rings. The van der Waals surface area contributed by atoms with Crippen LogP contribution in [-0.2, 0) is 0 Å². The number of amides is 1. The maximum absolute atomic E-state index is 13.2. The third-order valence-electron chi connectivity index (χ3n) is 2.60. The maximum Gasteiger partial charge on any atom is 0.277 e. The Morgan fingerprint density at radius 1 is 1.47 bits per heavy atom. The molecule has 0 bridgehead atoms. The second-order valence-corrected chi connectivity index (χ2v) is 5.19. The van der Waals surface area contributed by atoms with Crippen LogP contribution in [0.1, 0.15) is 15.5 Å². The Morgan fingerprint density at radius 3 is 3.05 bits per heavy atom. The van der Waals surface area contributed by atoms with E-state index in [-0.39, 0.29) is 11.6 Å². The topological polar surface area (TPSA) is 70.7 Å². The summed E-state index contributed by atoms with van der Waals surface area (Å²) < 4.78 is 13.2. The van der Waals surface area contributed by atoms with Gasteiger partial charge in [-0.1, -0.05) is 0 Å². The standard InChI is InChI=1S/C12H9FN4OS/c1-6-14-5-10(19-6)15-12(18)11-8-4-7(13)2-3-9(8)16-17-11/h2-5H,1H3,(H,15,18)(H,16,17). The number of nitrogens with zero attached hydrogens (tertiary/aromatic N) is 2. The number of fused-ring (bicyclic) bond motifs is 1. The van der Waals surface area contributed by atoms with Gasteiger partial charge in [-0.15, -0.1) is 11.3 Å². The summed E-state index contributed by atoms with van der Waals surface area (Å²) in [4.78, 5) is 16.1. The van der Waals surface area contributed by atoms with Crippen molar-refractivity contribution in [1.82, 2.24) is 15.2 Å². The molecule has 0 aliphatic rings. The van der Waals surface area contributed by atoms with Crippen molar-refractivity contribution in [3.8, 4) is 0 Å². The third-order valence-corrected chi connectivity index (χ3v) is 3.43. The number of hydrogen-bond donors (Lipinski definition) is 2. The number of nitrogens with one attached hydrogen (secondary N) is 2. The normalized spacial score (nSPS) is 10.8. The summed E-state index contributed by atoms with van der Waals surface area (Å²) in [5.74, 6) is -0.794. The summed E-state index contributed by atoms with van der Waals surface area (Å²) in [6, 6.07) is 4.14. The minimum atomic E-state index is -0.406. The molecule has 0 radical (unpaired) electrons. The molecule has 2 N–H and O–H groups in total. The summed E-state index contributed by atoms with van der Waals surface area (Å²) in [5, 5.41) is 11.3. The first kappa shape index (κ1) is 11.8. The summed E-state index contributed by atoms with van der Waals surface area (Å²) in [7, 11) is 0. The number of H-pyrrole nitrogens is 1. The lowest BCUT2D eigenvalue weighted by atomic mass is 10.2. The fourth-order valence-electron chi connectivity index (χ4n) is 1.75. The monoisotopic (exact) mass is 276 g/mol. The van der Waals surface area contributed by atoms with Crippen LogP contribution in [0.3, 0.4) is 0 Å². The molecule has 0 atom stereocenters. The van der Waals surface area contributed by atoms with Crippen LogP contribution in [0.4, 0.5) is 9.39 Å². The quantitative estimate of drug-likeness (QED) is 0.756. The molecule has 7 heteroatoms. The summed E-state index contributed by atoms with van der Waals surface area (Å²) in [6.45, 7) is 1.85. The summed E-state index contributed by atoms with van der Waals surface area (Å²) in [6.07, 6.45) is 1.58. The van der Waals surface area contributed by atoms with Crippen molar-refractivity contribution in [2.75, 3.05) is 5.32 Å². The minimum Gasteiger partial charge on any atom is -0.311 e. The van der Waals surface area contributed by atoms with E-state index in [9.17, 15) is 9.18 Å². The lowest BCUT2D eigenvalue weighted by Gasteiger charge is -1.99. The van der Waals surface area contributed by atoms with Gasteiger partial charge in [0.25, 0.3) is 5.91 Å². The average Bonchev–Trinajstić information content (AvgIpc) is 2.95. The summed E-state index contributed by atoms with van der Waals surface area (Å²) in [5.41, 5.74) is 0.785. The predicted molar refractivity (Wildman–Crippen MR) is 70.9 cm³/mol. The van der Waals surface area contributed by atoms with E-state index in [1.165, 1.54) is 23.5 Å². The number of aromatic nitrogens is 3. The molecule has 0 aliphatic carbocycles. The van der Waals surface area contributed by atoms with Gasteiger partial charge in [0.2, 0.25) is 0 Å². The van der Waals surface area contributed by atoms with Crippen molar-refractivity contribution < 1.29 is 9.18 Å². The van der Waals surface area contributed by atoms with Crippen LogP contribution in [0.5, 0.6) is 0 Å². The highest BCUT2D eigenvalue weighted by molar-refractivity contribution is 7.15. The van der Waals surface area contributed by atoms with E-state index >= 15 is 0 Å². The number of carbonyl (C=O) groups is 1. The Labute approximate surface area is 111 Å². The van der Waals surface area contributed by atoms with Crippen molar-refractivity contribution >= 4 is 33.1 Å². The molecular weight excluding hydrogens is 267 g/mol. The number of benzene rings is 1. The van der Waals surface area contributed by atoms with E-state index in [1.807, 2.05) is 6.92 Å². The maximum atomic E-state index is 13.2. The van der Waals surface area contributed by atoms with Gasteiger partial charge in [-0.25, -0.2) is 9.37 Å². The smallest absolute Gasteiger partial charge is 0.277 e. The van der Waals surface area contributed by atoms with E-state index < -0.39 is 5.82 Å². The van der Waals surface area contributed by atoms with Crippen LogP contribution in [0, 0.1) is 12.7 Å². The molecule has 0 saturated carbocycles. The SMILES string of the molecule is Cc1ncc(NC(=O)c2n[nH]c3ccc(F)cc23)s1. The molecule has 5 nitrogen and oxygen atoms in total. The predicted octanol–water partition coefficient (Wildman–Crippen LogP) is 2.72. The number of rotatable bonds is 2. The number of thiazole rings is 1. The van der Waals surface area contributed by atoms with Gasteiger partial charge in [0.15, 0.2) is 5.69 Å². The molecule has 3 rings (SSSR count). The van der Waals surface area contributed by atoms with E-state index in [0.29, 0.717) is 15.9 Å². The number of hydrogen-bond acceptors (Lipinski definition) is 4. The lowest BCUT2D eigenvalue weighted by Crippen LogP contribution is -2.11. The lowest BCUT2D eigenvalue weighted by molar-refractivity contribution is 0.102. The number of carbonyl (C=O) groups excluding carboxylic acids is 1. The Hall–Kier alpha value is -2.28. The molecular formula is C12H9FN4OS. The zero-order valence-corrected chi connectivity index (χ0v) is 10.7. The second-order valence-electron chi connectivity index (χ2n) is 3.96. The first-order chi connectivity index (χ1) is 9.13. The van der Waals surface area contributed by atoms with Crippen LogP contribution in [0.15, 0.2) is 24.4 Å². The highest BCUT2D eigenvalue weighted by Gasteiger charge is 2.15. The fourth-order valence-corrected chi connectivity index (χ4v) is 2.42. The molecule has 2 heterocycles. The number of anilines is 1. The van der Waals surface area contributed by atoms with Gasteiger partial charge in [-0.2, -0.15) is 5.10 Å². The third kappa shape index (κ3) is 2.19. The van der Waals surface area contributed by atoms with E-state index in [4.69, 9.17) is 0 Å². The van der Waals surface area contributed by atoms with E-state index in [1.54, 1.807) is 12.3 Å². The zero-order valence-electron chi connectivity index (χ0n) is 9.90. The molecule has 0 spiro atoms. The molecule has 0 unspecified atom stereocenters. The Morgan fingerprint density at radius 2 is 2.32 bits per heavy atom. The van der Waals surface area contributed by atoms with Crippen LogP contribution in [0.25, 0.3) is 10.9 Å². The second kappa shape index (κ2) is 4.43. The number of aryl methyl sites for hydroxylation is 1. The van der Waals surface area contributed by atoms with Crippen molar-refractivity contribution in [2.45, 2.75) is 6.92 Å². The van der Waals surface area contributed by atoms with Crippen LogP contribution < -0.4 is 5.32 Å². The van der Waals surface area contributed by atoms with Crippen LogP contribution in [0.2, 0.25) is 0 Å². The molecule has 0 aliphatic heterocycles. The molecule has 2 aromatic heterocycles. The highest BCUT2D eigenvalue weighted by atomic mass is 32.1. The van der Waals surface area contributed by atoms with Gasteiger partial charge in [0.1, 0.15) is 10.8 Å². The fraction of sp³-hybridized carbons (Fsp3) is 0.0833. The zero-order chi connectivity index (χ0) is 13.4. The van der Waals surface area contributed by atoms with E-state index in [0.717, 1.165) is 5.01 Å². The molecule has 96 valence electrons. The van der Waals surface area contributed by atoms with Gasteiger partial charge < -0.3 is 5.32 Å². The first-order valence-electron chi connectivity index (χ1n) is 5.51. The number of halogens is 1. The Balaban J connectivity index is 1.95. The molecule has 1 aromatic carbocycles. The van der Waals surface area contributed by atoms with Gasteiger partial charge in [-0.05, 0) is 25.1 Å². The Bertz CT molecular complexity index is 764. The first-order valence-corrected chi connectivity index (χ1v) is 6.32. The van der Waals surface area contributed by atoms with E-state index in [2.05, 4.69) is 20.5 Å². The minimum absolute atomic E-state index is 0.167. The number of aromatic amines is 1. The largest absolute Gasteiger partial charge is 0.311 e. The molecule has 0 saturated heterocycles. The van der Waals surface area contributed by atoms with Crippen molar-refractivity contribution in [1.29, 1.82) is 0 Å². The van der Waals surface area contributed by atoms with Gasteiger partial charge in [-0.3, -0.25) is 9.89 Å². The van der Waals surface area contributed by atoms with Crippen LogP contribution >= 0.6 is 11.3 Å². The van der Waals surface area contributed by atoms with Gasteiger partial charge >= 0.3 is 0 Å². The molecule has 1 amide bonds. The van der Waals surface area contributed by atoms with Gasteiger partial charge in [0, 0.05) is 5.39 Å². The highest BCUT2D eigenvalue weighted by Crippen LogP contribution is 2.21. The molecule has 19 heavy (non-hydrogen) atoms. The average molecular weight is 276 g/mol. The van der Waals surface area contributed by atoms with Crippen LogP contribution in [-0.4, -0.2) is 21.1 Å².